The Balaban J connectivity index is 1.20. The Morgan fingerprint density at radius 3 is 2.73 bits per heavy atom. The Bertz CT molecular complexity index is 1500. The lowest BCUT2D eigenvalue weighted by atomic mass is 10.00. The van der Waals surface area contributed by atoms with Gasteiger partial charge in [-0.3, -0.25) is 9.59 Å². The normalized spacial score (nSPS) is 22.7. The lowest BCUT2D eigenvalue weighted by molar-refractivity contribution is -0.122. The molecule has 6 rings (SSSR count). The summed E-state index contributed by atoms with van der Waals surface area (Å²) in [6.07, 6.45) is 6.83. The van der Waals surface area contributed by atoms with E-state index in [0.29, 0.717) is 28.2 Å². The monoisotopic (exact) mass is 557 g/mol. The topological polar surface area (TPSA) is 138 Å². The molecule has 0 spiro atoms. The van der Waals surface area contributed by atoms with Crippen LogP contribution in [-0.4, -0.2) is 50.1 Å². The van der Waals surface area contributed by atoms with E-state index < -0.39 is 17.3 Å². The van der Waals surface area contributed by atoms with Crippen molar-refractivity contribution in [3.8, 4) is 11.6 Å². The number of amides is 4. The van der Waals surface area contributed by atoms with Crippen molar-refractivity contribution in [2.45, 2.75) is 54.6 Å². The van der Waals surface area contributed by atoms with Crippen LogP contribution in [0, 0.1) is 6.92 Å². The van der Waals surface area contributed by atoms with Crippen molar-refractivity contribution in [2.75, 3.05) is 4.90 Å². The van der Waals surface area contributed by atoms with E-state index in [9.17, 15) is 14.4 Å². The molecule has 3 N–H and O–H groups in total. The molecule has 1 aliphatic carbocycles. The molecule has 0 bridgehead atoms. The number of rotatable bonds is 7. The van der Waals surface area contributed by atoms with Crippen LogP contribution in [-0.2, 0) is 9.59 Å². The van der Waals surface area contributed by atoms with E-state index in [0.717, 1.165) is 30.5 Å². The molecule has 5 heterocycles. The smallest absolute Gasteiger partial charge is 0.328 e. The first-order valence-electron chi connectivity index (χ1n) is 13.0. The highest BCUT2D eigenvalue weighted by Crippen LogP contribution is 2.50. The van der Waals surface area contributed by atoms with Gasteiger partial charge >= 0.3 is 6.03 Å². The SMILES string of the molecule is C=CC(=O)N[C@H]1CCC[C@H]1NC(=O)C1Sc2nccc3c2C1NC(=O)N3c1ccc(Oc2cccc(C)n2)cn1. The van der Waals surface area contributed by atoms with Crippen LogP contribution in [0.15, 0.2) is 66.5 Å². The van der Waals surface area contributed by atoms with Crippen molar-refractivity contribution in [1.29, 1.82) is 0 Å². The fourth-order valence-corrected chi connectivity index (χ4v) is 6.56. The molecule has 2 aliphatic heterocycles. The van der Waals surface area contributed by atoms with Crippen LogP contribution < -0.4 is 25.6 Å². The van der Waals surface area contributed by atoms with Gasteiger partial charge in [0.25, 0.3) is 0 Å². The second-order valence-corrected chi connectivity index (χ2v) is 10.9. The maximum absolute atomic E-state index is 13.5. The van der Waals surface area contributed by atoms with Gasteiger partial charge in [-0.05, 0) is 56.5 Å². The summed E-state index contributed by atoms with van der Waals surface area (Å²) in [6, 6.07) is 9.38. The van der Waals surface area contributed by atoms with Gasteiger partial charge in [-0.25, -0.2) is 24.6 Å². The molecule has 40 heavy (non-hydrogen) atoms. The molecular weight excluding hydrogens is 530 g/mol. The van der Waals surface area contributed by atoms with Gasteiger partial charge in [0.1, 0.15) is 21.8 Å². The third-order valence-electron chi connectivity index (χ3n) is 7.16. The van der Waals surface area contributed by atoms with Gasteiger partial charge in [0.05, 0.1) is 17.9 Å². The van der Waals surface area contributed by atoms with Crippen LogP contribution >= 0.6 is 11.8 Å². The van der Waals surface area contributed by atoms with Gasteiger partial charge in [-0.15, -0.1) is 0 Å². The molecule has 3 aromatic rings. The van der Waals surface area contributed by atoms with Gasteiger partial charge in [0.2, 0.25) is 17.7 Å². The standard InChI is InChI=1S/C28H27N7O4S/c1-3-21(36)32-17-7-5-8-18(17)33-26(37)25-24-23-19(12-13-29-27(23)40-25)35(28(38)34-24)20-11-10-16(14-30-20)39-22-9-4-6-15(2)31-22/h3-4,6,9-14,17-18,24-25H,1,5,7-8H2,2H3,(H,32,36)(H,33,37)(H,34,38)/t17-,18+,24?,25?/m0/s1. The lowest BCUT2D eigenvalue weighted by Crippen LogP contribution is -2.53. The lowest BCUT2D eigenvalue weighted by Gasteiger charge is -2.33. The van der Waals surface area contributed by atoms with Gasteiger partial charge in [-0.2, -0.15) is 0 Å². The number of carbonyl (C=O) groups is 3. The average molecular weight is 558 g/mol. The van der Waals surface area contributed by atoms with Gasteiger partial charge in [0, 0.05) is 35.6 Å². The van der Waals surface area contributed by atoms with Gasteiger partial charge < -0.3 is 20.7 Å². The molecule has 1 saturated carbocycles. The van der Waals surface area contributed by atoms with Gasteiger partial charge in [0.15, 0.2) is 0 Å². The number of hydrogen-bond acceptors (Lipinski definition) is 8. The highest BCUT2D eigenvalue weighted by molar-refractivity contribution is 8.01. The second-order valence-electron chi connectivity index (χ2n) is 9.79. The molecule has 3 aromatic heterocycles. The molecule has 0 aromatic carbocycles. The number of carbonyl (C=O) groups excluding carboxylic acids is 3. The average Bonchev–Trinajstić information content (AvgIpc) is 3.54. The number of hydrogen-bond donors (Lipinski definition) is 3. The van der Waals surface area contributed by atoms with E-state index >= 15 is 0 Å². The summed E-state index contributed by atoms with van der Waals surface area (Å²) in [6.45, 7) is 5.38. The first-order chi connectivity index (χ1) is 19.4. The van der Waals surface area contributed by atoms with E-state index in [1.807, 2.05) is 19.1 Å². The fraction of sp³-hybridized carbons (Fsp3) is 0.286. The molecule has 2 unspecified atom stereocenters. The molecule has 11 nitrogen and oxygen atoms in total. The Morgan fingerprint density at radius 1 is 1.15 bits per heavy atom. The molecule has 204 valence electrons. The molecule has 0 radical (unpaired) electrons. The first kappa shape index (κ1) is 25.8. The summed E-state index contributed by atoms with van der Waals surface area (Å²) in [5.41, 5.74) is 2.24. The summed E-state index contributed by atoms with van der Waals surface area (Å²) in [4.78, 5) is 53.4. The summed E-state index contributed by atoms with van der Waals surface area (Å²) in [5.74, 6) is 0.870. The second kappa shape index (κ2) is 10.6. The van der Waals surface area contributed by atoms with Crippen molar-refractivity contribution in [1.82, 2.24) is 30.9 Å². The molecule has 3 aliphatic rings. The minimum atomic E-state index is -0.600. The zero-order valence-electron chi connectivity index (χ0n) is 21.7. The Morgan fingerprint density at radius 2 is 1.98 bits per heavy atom. The van der Waals surface area contributed by atoms with E-state index in [1.165, 1.54) is 28.9 Å². The largest absolute Gasteiger partial charge is 0.437 e. The third-order valence-corrected chi connectivity index (χ3v) is 8.44. The zero-order chi connectivity index (χ0) is 27.8. The number of aryl methyl sites for hydroxylation is 1. The highest BCUT2D eigenvalue weighted by Gasteiger charge is 2.47. The minimum Gasteiger partial charge on any atom is -0.437 e. The van der Waals surface area contributed by atoms with Crippen molar-refractivity contribution < 1.29 is 19.1 Å². The van der Waals surface area contributed by atoms with Crippen molar-refractivity contribution in [3.05, 3.63) is 72.7 Å². The van der Waals surface area contributed by atoms with Crippen molar-refractivity contribution in [2.24, 2.45) is 0 Å². The van der Waals surface area contributed by atoms with Crippen molar-refractivity contribution in [3.63, 3.8) is 0 Å². The van der Waals surface area contributed by atoms with E-state index in [4.69, 9.17) is 4.74 Å². The van der Waals surface area contributed by atoms with Crippen LogP contribution in [0.25, 0.3) is 0 Å². The number of aromatic nitrogens is 3. The molecule has 4 amide bonds. The number of urea groups is 1. The Labute approximate surface area is 234 Å². The molecule has 4 atom stereocenters. The van der Waals surface area contributed by atoms with Crippen LogP contribution in [0.1, 0.15) is 36.6 Å². The van der Waals surface area contributed by atoms with E-state index in [1.54, 1.807) is 30.5 Å². The third kappa shape index (κ3) is 4.86. The predicted molar refractivity (Wildman–Crippen MR) is 148 cm³/mol. The summed E-state index contributed by atoms with van der Waals surface area (Å²) in [5, 5.41) is 9.07. The number of anilines is 2. The van der Waals surface area contributed by atoms with Crippen LogP contribution in [0.3, 0.4) is 0 Å². The molecule has 0 saturated heterocycles. The zero-order valence-corrected chi connectivity index (χ0v) is 22.5. The van der Waals surface area contributed by atoms with E-state index in [2.05, 4.69) is 37.5 Å². The van der Waals surface area contributed by atoms with Crippen LogP contribution in [0.2, 0.25) is 0 Å². The van der Waals surface area contributed by atoms with Crippen LogP contribution in [0.4, 0.5) is 16.3 Å². The number of ether oxygens (including phenoxy) is 1. The minimum absolute atomic E-state index is 0.159. The summed E-state index contributed by atoms with van der Waals surface area (Å²) >= 11 is 1.32. The molecule has 12 heteroatoms. The molecular formula is C28H27N7O4S. The number of nitrogens with zero attached hydrogens (tertiary/aromatic N) is 4. The van der Waals surface area contributed by atoms with E-state index in [-0.39, 0.29) is 23.9 Å². The number of pyridine rings is 3. The summed E-state index contributed by atoms with van der Waals surface area (Å²) < 4.78 is 5.80. The highest BCUT2D eigenvalue weighted by atomic mass is 32.2. The number of thioether (sulfide) groups is 1. The van der Waals surface area contributed by atoms with Crippen molar-refractivity contribution >= 4 is 41.1 Å². The predicted octanol–water partition coefficient (Wildman–Crippen LogP) is 3.69. The first-order valence-corrected chi connectivity index (χ1v) is 13.9. The maximum Gasteiger partial charge on any atom is 0.328 e. The number of nitrogens with one attached hydrogen (secondary N) is 3. The Kier molecular flexibility index (Phi) is 6.84. The molecule has 1 fully saturated rings. The fourth-order valence-electron chi connectivity index (χ4n) is 5.33. The quantitative estimate of drug-likeness (QED) is 0.374. The summed E-state index contributed by atoms with van der Waals surface area (Å²) in [7, 11) is 0. The maximum atomic E-state index is 13.5. The van der Waals surface area contributed by atoms with Gasteiger partial charge in [-0.1, -0.05) is 24.4 Å². The Hall–Kier alpha value is -4.45. The van der Waals surface area contributed by atoms with Crippen LogP contribution in [0.5, 0.6) is 11.6 Å².